The average Bonchev–Trinajstić information content (AvgIpc) is 2.53. The lowest BCUT2D eigenvalue weighted by Gasteiger charge is -2.24. The fourth-order valence-corrected chi connectivity index (χ4v) is 2.57. The Bertz CT molecular complexity index is 812. The Labute approximate surface area is 145 Å². The van der Waals surface area contributed by atoms with Crippen LogP contribution in [0.4, 0.5) is 27.8 Å². The zero-order valence-electron chi connectivity index (χ0n) is 13.9. The molecule has 0 amide bonds. The Hall–Kier alpha value is -2.71. The minimum absolute atomic E-state index is 0.196. The maximum Gasteiger partial charge on any atom is 0.417 e. The summed E-state index contributed by atoms with van der Waals surface area (Å²) in [6.45, 7) is 3.64. The largest absolute Gasteiger partial charge is 0.478 e. The van der Waals surface area contributed by atoms with Crippen molar-refractivity contribution in [3.8, 4) is 11.3 Å². The van der Waals surface area contributed by atoms with Crippen LogP contribution in [0.25, 0.3) is 11.3 Å². The first-order valence-electron chi connectivity index (χ1n) is 7.65. The van der Waals surface area contributed by atoms with Crippen LogP contribution in [0.2, 0.25) is 0 Å². The van der Waals surface area contributed by atoms with Crippen molar-refractivity contribution < 1.29 is 31.9 Å². The second-order valence-corrected chi connectivity index (χ2v) is 5.39. The molecule has 26 heavy (non-hydrogen) atoms. The third kappa shape index (κ3) is 3.92. The van der Waals surface area contributed by atoms with Crippen molar-refractivity contribution in [1.29, 1.82) is 0 Å². The van der Waals surface area contributed by atoms with E-state index in [9.17, 15) is 31.9 Å². The number of carbonyl (C=O) groups is 1. The highest BCUT2D eigenvalue weighted by Gasteiger charge is 2.39. The Morgan fingerprint density at radius 3 is 2.04 bits per heavy atom. The van der Waals surface area contributed by atoms with Crippen LogP contribution in [-0.4, -0.2) is 29.1 Å². The van der Waals surface area contributed by atoms with Crippen LogP contribution in [0.3, 0.4) is 0 Å². The second-order valence-electron chi connectivity index (χ2n) is 5.39. The summed E-state index contributed by atoms with van der Waals surface area (Å²) < 4.78 is 67.3. The number of carboxylic acid groups (broad SMARTS) is 1. The lowest BCUT2D eigenvalue weighted by molar-refractivity contribution is -0.138. The minimum atomic E-state index is -4.99. The molecule has 0 saturated heterocycles. The zero-order chi connectivity index (χ0) is 19.6. The quantitative estimate of drug-likeness (QED) is 0.778. The summed E-state index contributed by atoms with van der Waals surface area (Å²) in [5, 5.41) is 9.31. The molecule has 0 radical (unpaired) electrons. The van der Waals surface area contributed by atoms with E-state index in [-0.39, 0.29) is 24.3 Å². The minimum Gasteiger partial charge on any atom is -0.478 e. The molecular formula is C17H15F5N2O2. The molecular weight excluding hydrogens is 359 g/mol. The molecule has 4 nitrogen and oxygen atoms in total. The number of anilines is 1. The number of nitrogens with zero attached hydrogens (tertiary/aromatic N) is 2. The molecule has 0 bridgehead atoms. The van der Waals surface area contributed by atoms with Gasteiger partial charge in [-0.1, -0.05) is 0 Å². The van der Waals surface area contributed by atoms with Crippen molar-refractivity contribution in [2.24, 2.45) is 0 Å². The fraction of sp³-hybridized carbons (Fsp3) is 0.294. The average molecular weight is 374 g/mol. The van der Waals surface area contributed by atoms with Gasteiger partial charge in [0.25, 0.3) is 0 Å². The summed E-state index contributed by atoms with van der Waals surface area (Å²) >= 11 is 0. The smallest absolute Gasteiger partial charge is 0.417 e. The van der Waals surface area contributed by atoms with Gasteiger partial charge in [-0.2, -0.15) is 13.2 Å². The number of alkyl halides is 3. The van der Waals surface area contributed by atoms with Gasteiger partial charge in [0.2, 0.25) is 0 Å². The molecule has 0 aliphatic carbocycles. The molecule has 2 aromatic rings. The van der Waals surface area contributed by atoms with E-state index in [0.29, 0.717) is 12.1 Å². The third-order valence-electron chi connectivity index (χ3n) is 3.74. The summed E-state index contributed by atoms with van der Waals surface area (Å²) in [6, 6.07) is 2.73. The highest BCUT2D eigenvalue weighted by molar-refractivity contribution is 5.96. The number of rotatable bonds is 5. The normalized spacial score (nSPS) is 11.5. The molecule has 0 aliphatic heterocycles. The van der Waals surface area contributed by atoms with E-state index in [2.05, 4.69) is 4.98 Å². The van der Waals surface area contributed by atoms with Crippen LogP contribution in [-0.2, 0) is 6.18 Å². The molecule has 1 N–H and O–H groups in total. The molecule has 0 spiro atoms. The molecule has 0 fully saturated rings. The summed E-state index contributed by atoms with van der Waals surface area (Å²) in [6.07, 6.45) is -4.99. The Morgan fingerprint density at radius 1 is 1.08 bits per heavy atom. The van der Waals surface area contributed by atoms with E-state index in [0.717, 1.165) is 12.1 Å². The highest BCUT2D eigenvalue weighted by atomic mass is 19.4. The van der Waals surface area contributed by atoms with E-state index >= 15 is 0 Å². The van der Waals surface area contributed by atoms with E-state index in [4.69, 9.17) is 0 Å². The van der Waals surface area contributed by atoms with Gasteiger partial charge in [-0.3, -0.25) is 0 Å². The monoisotopic (exact) mass is 374 g/mol. The first-order chi connectivity index (χ1) is 12.1. The van der Waals surface area contributed by atoms with E-state index in [1.54, 1.807) is 13.8 Å². The van der Waals surface area contributed by atoms with Crippen LogP contribution < -0.4 is 4.90 Å². The van der Waals surface area contributed by atoms with Crippen LogP contribution in [0.5, 0.6) is 0 Å². The van der Waals surface area contributed by atoms with Crippen LogP contribution in [0.15, 0.2) is 24.3 Å². The third-order valence-corrected chi connectivity index (χ3v) is 3.74. The van der Waals surface area contributed by atoms with Gasteiger partial charge in [0.1, 0.15) is 23.0 Å². The second kappa shape index (κ2) is 7.27. The van der Waals surface area contributed by atoms with Crippen molar-refractivity contribution >= 4 is 11.8 Å². The Kier molecular flexibility index (Phi) is 5.48. The number of hydrogen-bond acceptors (Lipinski definition) is 3. The zero-order valence-corrected chi connectivity index (χ0v) is 13.9. The van der Waals surface area contributed by atoms with E-state index in [1.807, 2.05) is 0 Å². The molecule has 0 atom stereocenters. The van der Waals surface area contributed by atoms with Gasteiger partial charge >= 0.3 is 12.1 Å². The van der Waals surface area contributed by atoms with Gasteiger partial charge in [-0.15, -0.1) is 0 Å². The predicted octanol–water partition coefficient (Wildman–Crippen LogP) is 4.59. The predicted molar refractivity (Wildman–Crippen MR) is 85.1 cm³/mol. The van der Waals surface area contributed by atoms with Gasteiger partial charge < -0.3 is 10.0 Å². The molecule has 9 heteroatoms. The van der Waals surface area contributed by atoms with Crippen molar-refractivity contribution in [3.05, 3.63) is 47.0 Å². The van der Waals surface area contributed by atoms with Crippen molar-refractivity contribution in [3.63, 3.8) is 0 Å². The van der Waals surface area contributed by atoms with E-state index < -0.39 is 40.7 Å². The first-order valence-corrected chi connectivity index (χ1v) is 7.65. The maximum atomic E-state index is 13.5. The molecule has 0 saturated carbocycles. The first kappa shape index (κ1) is 19.6. The van der Waals surface area contributed by atoms with Crippen LogP contribution in [0, 0.1) is 11.6 Å². The van der Waals surface area contributed by atoms with Crippen molar-refractivity contribution in [2.45, 2.75) is 20.0 Å². The number of aromatic nitrogens is 1. The molecule has 0 unspecified atom stereocenters. The molecule has 1 aromatic carbocycles. The standard InChI is InChI=1S/C17H15F5N2O2/c1-3-24(4-2)15-14(16(25)26)12(17(20,21)22)8-13(23-15)9-5-10(18)7-11(19)6-9/h5-8H,3-4H2,1-2H3,(H,25,26). The van der Waals surface area contributed by atoms with Gasteiger partial charge in [0.15, 0.2) is 0 Å². The summed E-state index contributed by atoms with van der Waals surface area (Å²) in [7, 11) is 0. The molecule has 0 aliphatic rings. The van der Waals surface area contributed by atoms with Crippen molar-refractivity contribution in [2.75, 3.05) is 18.0 Å². The SMILES string of the molecule is CCN(CC)c1nc(-c2cc(F)cc(F)c2)cc(C(F)(F)F)c1C(=O)O. The summed E-state index contributed by atoms with van der Waals surface area (Å²) in [5.74, 6) is -4.16. The number of aromatic carboxylic acids is 1. The van der Waals surface area contributed by atoms with Crippen LogP contribution >= 0.6 is 0 Å². The summed E-state index contributed by atoms with van der Waals surface area (Å²) in [4.78, 5) is 16.8. The van der Waals surface area contributed by atoms with Gasteiger partial charge in [0, 0.05) is 24.7 Å². The topological polar surface area (TPSA) is 53.4 Å². The lowest BCUT2D eigenvalue weighted by Crippen LogP contribution is -2.27. The summed E-state index contributed by atoms with van der Waals surface area (Å²) in [5.41, 5.74) is -3.02. The lowest BCUT2D eigenvalue weighted by atomic mass is 10.0. The maximum absolute atomic E-state index is 13.5. The number of benzene rings is 1. The number of halogens is 5. The van der Waals surface area contributed by atoms with Gasteiger partial charge in [0.05, 0.1) is 11.3 Å². The van der Waals surface area contributed by atoms with E-state index in [1.165, 1.54) is 4.90 Å². The van der Waals surface area contributed by atoms with Gasteiger partial charge in [-0.25, -0.2) is 18.6 Å². The molecule has 140 valence electrons. The number of pyridine rings is 1. The van der Waals surface area contributed by atoms with Crippen molar-refractivity contribution in [1.82, 2.24) is 4.98 Å². The Balaban J connectivity index is 2.87. The number of hydrogen-bond donors (Lipinski definition) is 1. The molecule has 2 rings (SSSR count). The van der Waals surface area contributed by atoms with Crippen LogP contribution in [0.1, 0.15) is 29.8 Å². The van der Waals surface area contributed by atoms with Gasteiger partial charge in [-0.05, 0) is 32.0 Å². The Morgan fingerprint density at radius 2 is 1.62 bits per heavy atom. The molecule has 1 heterocycles. The fourth-order valence-electron chi connectivity index (χ4n) is 2.57. The molecule has 1 aromatic heterocycles. The number of carboxylic acids is 1. The highest BCUT2D eigenvalue weighted by Crippen LogP contribution is 2.38.